The molecule has 0 amide bonds. The molecule has 11 heavy (non-hydrogen) atoms. The fourth-order valence-corrected chi connectivity index (χ4v) is 0.916. The van der Waals surface area contributed by atoms with Gasteiger partial charge in [-0.1, -0.05) is 5.11 Å². The van der Waals surface area contributed by atoms with Crippen LogP contribution >= 0.6 is 15.9 Å². The Kier molecular flexibility index (Phi) is 2.30. The van der Waals surface area contributed by atoms with E-state index in [4.69, 9.17) is 5.53 Å². The van der Waals surface area contributed by atoms with Crippen molar-refractivity contribution in [2.24, 2.45) is 5.11 Å². The van der Waals surface area contributed by atoms with E-state index in [2.05, 4.69) is 26.0 Å². The molecule has 0 fully saturated rings. The summed E-state index contributed by atoms with van der Waals surface area (Å²) in [5.41, 5.74) is 8.45. The molecule has 0 aliphatic carbocycles. The summed E-state index contributed by atoms with van der Waals surface area (Å²) in [5, 5.41) is 14.0. The minimum atomic E-state index is 0.322. The van der Waals surface area contributed by atoms with Crippen LogP contribution in [-0.4, -0.2) is 0 Å². The van der Waals surface area contributed by atoms with Gasteiger partial charge in [-0.15, -0.1) is 0 Å². The quantitative estimate of drug-likeness (QED) is 0.176. The van der Waals surface area contributed by atoms with Gasteiger partial charge in [-0.05, 0) is 5.53 Å². The molecular formula is C5H3BrN4O. The number of aromatic nitrogens is 1. The average molecular weight is 215 g/mol. The zero-order valence-electron chi connectivity index (χ0n) is 5.31. The van der Waals surface area contributed by atoms with Crippen molar-refractivity contribution in [2.45, 2.75) is 0 Å². The molecule has 0 saturated carbocycles. The summed E-state index contributed by atoms with van der Waals surface area (Å²) in [5.74, 6) is 0. The van der Waals surface area contributed by atoms with Crippen LogP contribution in [-0.2, 0) is 0 Å². The predicted octanol–water partition coefficient (Wildman–Crippen LogP) is 2.02. The van der Waals surface area contributed by atoms with Crippen LogP contribution in [0.25, 0.3) is 10.4 Å². The van der Waals surface area contributed by atoms with Crippen molar-refractivity contribution in [2.75, 3.05) is 0 Å². The van der Waals surface area contributed by atoms with E-state index in [1.54, 1.807) is 0 Å². The molecule has 0 saturated heterocycles. The molecule has 1 rings (SSSR count). The minimum absolute atomic E-state index is 0.322. The molecule has 1 aromatic heterocycles. The van der Waals surface area contributed by atoms with Gasteiger partial charge in [-0.3, -0.25) is 0 Å². The first-order chi connectivity index (χ1) is 5.24. The lowest BCUT2D eigenvalue weighted by Gasteiger charge is -1.96. The van der Waals surface area contributed by atoms with Crippen molar-refractivity contribution >= 4 is 21.6 Å². The lowest BCUT2D eigenvalue weighted by molar-refractivity contribution is -0.617. The van der Waals surface area contributed by atoms with Crippen molar-refractivity contribution < 1.29 is 4.73 Å². The molecule has 0 N–H and O–H groups in total. The predicted molar refractivity (Wildman–Crippen MR) is 41.9 cm³/mol. The number of hydrogen-bond acceptors (Lipinski definition) is 2. The van der Waals surface area contributed by atoms with Gasteiger partial charge in [0.05, 0.1) is 5.69 Å². The van der Waals surface area contributed by atoms with Crippen LogP contribution in [0.5, 0.6) is 0 Å². The van der Waals surface area contributed by atoms with E-state index in [-0.39, 0.29) is 0 Å². The van der Waals surface area contributed by atoms with Gasteiger partial charge in [0.2, 0.25) is 0 Å². The molecule has 0 atom stereocenters. The topological polar surface area (TPSA) is 75.7 Å². The van der Waals surface area contributed by atoms with Crippen LogP contribution in [0.2, 0.25) is 0 Å². The Morgan fingerprint density at radius 1 is 1.73 bits per heavy atom. The third kappa shape index (κ3) is 1.83. The van der Waals surface area contributed by atoms with Crippen molar-refractivity contribution in [3.63, 3.8) is 0 Å². The number of pyridine rings is 1. The van der Waals surface area contributed by atoms with E-state index < -0.39 is 0 Å². The third-order valence-corrected chi connectivity index (χ3v) is 1.60. The molecular weight excluding hydrogens is 212 g/mol. The smallest absolute Gasteiger partial charge is 0.259 e. The van der Waals surface area contributed by atoms with Crippen molar-refractivity contribution in [3.05, 3.63) is 38.6 Å². The highest BCUT2D eigenvalue weighted by Gasteiger charge is 1.99. The zero-order chi connectivity index (χ0) is 8.27. The Morgan fingerprint density at radius 3 is 3.00 bits per heavy atom. The molecule has 1 heterocycles. The van der Waals surface area contributed by atoms with Crippen molar-refractivity contribution in [1.29, 1.82) is 0 Å². The van der Waals surface area contributed by atoms with E-state index >= 15 is 0 Å². The third-order valence-electron chi connectivity index (χ3n) is 1.02. The van der Waals surface area contributed by atoms with Gasteiger partial charge in [0.1, 0.15) is 0 Å². The number of nitrogens with zero attached hydrogens (tertiary/aromatic N) is 4. The molecule has 1 aromatic rings. The van der Waals surface area contributed by atoms with Crippen LogP contribution in [0.3, 0.4) is 0 Å². The van der Waals surface area contributed by atoms with Gasteiger partial charge in [0, 0.05) is 33.0 Å². The summed E-state index contributed by atoms with van der Waals surface area (Å²) < 4.78 is 0.943. The lowest BCUT2D eigenvalue weighted by Crippen LogP contribution is -2.26. The molecule has 0 bridgehead atoms. The Morgan fingerprint density at radius 2 is 2.45 bits per heavy atom. The summed E-state index contributed by atoms with van der Waals surface area (Å²) in [6.07, 6.45) is 1.26. The summed E-state index contributed by atoms with van der Waals surface area (Å²) in [7, 11) is 0. The monoisotopic (exact) mass is 214 g/mol. The van der Waals surface area contributed by atoms with Crippen LogP contribution in [0.4, 0.5) is 5.69 Å². The van der Waals surface area contributed by atoms with Crippen molar-refractivity contribution in [1.82, 2.24) is 0 Å². The molecule has 0 unspecified atom stereocenters. The fraction of sp³-hybridized carbons (Fsp3) is 0. The van der Waals surface area contributed by atoms with Gasteiger partial charge in [0.15, 0.2) is 6.20 Å². The normalized spacial score (nSPS) is 8.82. The van der Waals surface area contributed by atoms with Crippen molar-refractivity contribution in [3.8, 4) is 0 Å². The summed E-state index contributed by atoms with van der Waals surface area (Å²) in [6.45, 7) is 0. The SMILES string of the molecule is [N-]=[N+]=Nc1cc[n+]([O-])c(Br)c1. The maximum Gasteiger partial charge on any atom is 0.259 e. The van der Waals surface area contributed by atoms with E-state index in [9.17, 15) is 5.21 Å². The fourth-order valence-electron chi connectivity index (χ4n) is 0.563. The molecule has 56 valence electrons. The van der Waals surface area contributed by atoms with E-state index in [1.807, 2.05) is 0 Å². The van der Waals surface area contributed by atoms with E-state index in [1.165, 1.54) is 18.3 Å². The lowest BCUT2D eigenvalue weighted by atomic mass is 10.4. The number of hydrogen-bond donors (Lipinski definition) is 0. The van der Waals surface area contributed by atoms with Gasteiger partial charge in [0.25, 0.3) is 4.60 Å². The zero-order valence-corrected chi connectivity index (χ0v) is 6.89. The first kappa shape index (κ1) is 7.84. The first-order valence-corrected chi connectivity index (χ1v) is 3.47. The Hall–Kier alpha value is -1.26. The maximum absolute atomic E-state index is 10.7. The standard InChI is InChI=1S/C5H3BrN4O/c6-5-3-4(8-9-7)1-2-10(5)11/h1-3H. The van der Waals surface area contributed by atoms with Gasteiger partial charge >= 0.3 is 0 Å². The second kappa shape index (κ2) is 3.23. The molecule has 5 nitrogen and oxygen atoms in total. The van der Waals surface area contributed by atoms with Gasteiger partial charge in [-0.2, -0.15) is 4.73 Å². The Balaban J connectivity index is 3.14. The largest absolute Gasteiger partial charge is 0.618 e. The maximum atomic E-state index is 10.7. The van der Waals surface area contributed by atoms with Crippen LogP contribution in [0, 0.1) is 5.21 Å². The molecule has 6 heteroatoms. The van der Waals surface area contributed by atoms with E-state index in [0.29, 0.717) is 15.0 Å². The summed E-state index contributed by atoms with van der Waals surface area (Å²) in [6, 6.07) is 2.87. The second-order valence-corrected chi connectivity index (χ2v) is 2.54. The number of rotatable bonds is 1. The molecule has 0 spiro atoms. The van der Waals surface area contributed by atoms with Crippen LogP contribution < -0.4 is 4.73 Å². The van der Waals surface area contributed by atoms with Gasteiger partial charge < -0.3 is 5.21 Å². The van der Waals surface area contributed by atoms with Gasteiger partial charge in [-0.25, -0.2) is 0 Å². The van der Waals surface area contributed by atoms with Crippen LogP contribution in [0.1, 0.15) is 0 Å². The minimum Gasteiger partial charge on any atom is -0.618 e. The van der Waals surface area contributed by atoms with Crippen LogP contribution in [0.15, 0.2) is 28.0 Å². The number of azide groups is 1. The summed E-state index contributed by atoms with van der Waals surface area (Å²) >= 11 is 2.98. The molecule has 0 aromatic carbocycles. The molecule has 0 aliphatic heterocycles. The highest BCUT2D eigenvalue weighted by atomic mass is 79.9. The summed E-state index contributed by atoms with van der Waals surface area (Å²) in [4.78, 5) is 2.57. The first-order valence-electron chi connectivity index (χ1n) is 2.68. The Bertz CT molecular complexity index is 320. The number of halogens is 1. The Labute approximate surface area is 70.6 Å². The van der Waals surface area contributed by atoms with E-state index in [0.717, 1.165) is 0 Å². The molecule has 0 radical (unpaired) electrons. The highest BCUT2D eigenvalue weighted by Crippen LogP contribution is 2.14. The average Bonchev–Trinajstić information content (AvgIpc) is 1.98. The molecule has 0 aliphatic rings. The highest BCUT2D eigenvalue weighted by molar-refractivity contribution is 9.10. The second-order valence-electron chi connectivity index (χ2n) is 1.72.